The van der Waals surface area contributed by atoms with E-state index in [4.69, 9.17) is 5.73 Å². The van der Waals surface area contributed by atoms with Crippen molar-refractivity contribution in [1.82, 2.24) is 9.88 Å². The Labute approximate surface area is 110 Å². The van der Waals surface area contributed by atoms with Crippen LogP contribution in [0.4, 0.5) is 5.69 Å². The Hall–Kier alpha value is -1.13. The van der Waals surface area contributed by atoms with E-state index in [1.165, 1.54) is 0 Å². The molecule has 1 atom stereocenters. The molecule has 0 aliphatic rings. The third-order valence-electron chi connectivity index (χ3n) is 3.75. The molecule has 0 amide bonds. The quantitative estimate of drug-likeness (QED) is 0.807. The van der Waals surface area contributed by atoms with Gasteiger partial charge in [-0.1, -0.05) is 13.8 Å². The van der Waals surface area contributed by atoms with Crippen LogP contribution in [0.3, 0.4) is 0 Å². The molecule has 0 fully saturated rings. The number of nitrogens with zero attached hydrogens (tertiary/aromatic N) is 2. The number of pyridine rings is 1. The van der Waals surface area contributed by atoms with Crippen molar-refractivity contribution in [3.05, 3.63) is 24.0 Å². The van der Waals surface area contributed by atoms with Gasteiger partial charge in [-0.2, -0.15) is 0 Å². The third kappa shape index (κ3) is 3.21. The summed E-state index contributed by atoms with van der Waals surface area (Å²) in [7, 11) is 0. The molecule has 1 heterocycles. The molecule has 102 valence electrons. The SMILES string of the molecule is CCN(CC)C(C)(C)C(O)Cc1cnccc1N. The number of rotatable bonds is 6. The summed E-state index contributed by atoms with van der Waals surface area (Å²) in [5.74, 6) is 0. The van der Waals surface area contributed by atoms with Crippen LogP contribution in [0.25, 0.3) is 0 Å². The number of nitrogen functional groups attached to an aromatic ring is 1. The van der Waals surface area contributed by atoms with Crippen LogP contribution < -0.4 is 5.73 Å². The summed E-state index contributed by atoms with van der Waals surface area (Å²) in [6.45, 7) is 10.2. The predicted octanol–water partition coefficient (Wildman–Crippen LogP) is 1.69. The van der Waals surface area contributed by atoms with Crippen LogP contribution in [0.2, 0.25) is 0 Å². The second kappa shape index (κ2) is 6.16. The number of nitrogens with two attached hydrogens (primary N) is 1. The second-order valence-electron chi connectivity index (χ2n) is 5.12. The van der Waals surface area contributed by atoms with Gasteiger partial charge in [-0.15, -0.1) is 0 Å². The fourth-order valence-corrected chi connectivity index (χ4v) is 2.32. The molecule has 0 saturated carbocycles. The summed E-state index contributed by atoms with van der Waals surface area (Å²) in [5, 5.41) is 10.5. The number of hydrogen-bond donors (Lipinski definition) is 2. The molecule has 0 spiro atoms. The largest absolute Gasteiger partial charge is 0.398 e. The molecule has 0 aliphatic carbocycles. The van der Waals surface area contributed by atoms with Gasteiger partial charge in [0.25, 0.3) is 0 Å². The fourth-order valence-electron chi connectivity index (χ4n) is 2.32. The monoisotopic (exact) mass is 251 g/mol. The van der Waals surface area contributed by atoms with E-state index in [-0.39, 0.29) is 5.54 Å². The highest BCUT2D eigenvalue weighted by atomic mass is 16.3. The summed E-state index contributed by atoms with van der Waals surface area (Å²) in [5.41, 5.74) is 7.22. The molecule has 1 unspecified atom stereocenters. The van der Waals surface area contributed by atoms with Crippen LogP contribution in [0, 0.1) is 0 Å². The Morgan fingerprint density at radius 2 is 2.00 bits per heavy atom. The molecule has 0 aromatic carbocycles. The van der Waals surface area contributed by atoms with Gasteiger partial charge in [0, 0.05) is 30.0 Å². The zero-order valence-corrected chi connectivity index (χ0v) is 11.8. The lowest BCUT2D eigenvalue weighted by atomic mass is 9.90. The van der Waals surface area contributed by atoms with Gasteiger partial charge in [0.05, 0.1) is 6.10 Å². The Morgan fingerprint density at radius 3 is 2.50 bits per heavy atom. The normalized spacial score (nSPS) is 13.9. The molecule has 0 bridgehead atoms. The van der Waals surface area contributed by atoms with Crippen LogP contribution in [-0.4, -0.2) is 39.7 Å². The molecular weight excluding hydrogens is 226 g/mol. The van der Waals surface area contributed by atoms with Crippen molar-refractivity contribution >= 4 is 5.69 Å². The standard InChI is InChI=1S/C14H25N3O/c1-5-17(6-2)14(3,4)13(18)9-11-10-16-8-7-12(11)15/h7-8,10,13,18H,5-6,9H2,1-4H3,(H2,15,16). The Kier molecular flexibility index (Phi) is 5.11. The van der Waals surface area contributed by atoms with Crippen LogP contribution in [-0.2, 0) is 6.42 Å². The van der Waals surface area contributed by atoms with Crippen molar-refractivity contribution in [2.45, 2.75) is 45.8 Å². The van der Waals surface area contributed by atoms with Gasteiger partial charge in [0.2, 0.25) is 0 Å². The number of likely N-dealkylation sites (N-methyl/N-ethyl adjacent to an activating group) is 1. The number of aliphatic hydroxyl groups excluding tert-OH is 1. The number of anilines is 1. The molecular formula is C14H25N3O. The minimum absolute atomic E-state index is 0.272. The first-order valence-electron chi connectivity index (χ1n) is 6.54. The van der Waals surface area contributed by atoms with Crippen molar-refractivity contribution in [3.63, 3.8) is 0 Å². The Balaban J connectivity index is 2.81. The van der Waals surface area contributed by atoms with Crippen molar-refractivity contribution in [1.29, 1.82) is 0 Å². The van der Waals surface area contributed by atoms with Gasteiger partial charge < -0.3 is 10.8 Å². The highest BCUT2D eigenvalue weighted by molar-refractivity contribution is 5.44. The van der Waals surface area contributed by atoms with Crippen LogP contribution in [0.1, 0.15) is 33.3 Å². The van der Waals surface area contributed by atoms with Crippen LogP contribution in [0.15, 0.2) is 18.5 Å². The molecule has 4 nitrogen and oxygen atoms in total. The maximum absolute atomic E-state index is 10.5. The highest BCUT2D eigenvalue weighted by Gasteiger charge is 2.32. The lowest BCUT2D eigenvalue weighted by molar-refractivity contribution is -0.00410. The smallest absolute Gasteiger partial charge is 0.0760 e. The molecule has 0 aliphatic heterocycles. The van der Waals surface area contributed by atoms with Crippen molar-refractivity contribution < 1.29 is 5.11 Å². The van der Waals surface area contributed by atoms with E-state index in [2.05, 4.69) is 37.6 Å². The van der Waals surface area contributed by atoms with Crippen LogP contribution in [0.5, 0.6) is 0 Å². The van der Waals surface area contributed by atoms with Gasteiger partial charge >= 0.3 is 0 Å². The molecule has 0 radical (unpaired) electrons. The molecule has 1 aromatic rings. The Morgan fingerprint density at radius 1 is 1.39 bits per heavy atom. The van der Waals surface area contributed by atoms with E-state index < -0.39 is 6.10 Å². The maximum Gasteiger partial charge on any atom is 0.0760 e. The maximum atomic E-state index is 10.5. The van der Waals surface area contributed by atoms with Gasteiger partial charge in [-0.05, 0) is 38.6 Å². The molecule has 4 heteroatoms. The fraction of sp³-hybridized carbons (Fsp3) is 0.643. The summed E-state index contributed by atoms with van der Waals surface area (Å²) < 4.78 is 0. The summed E-state index contributed by atoms with van der Waals surface area (Å²) >= 11 is 0. The average molecular weight is 251 g/mol. The lowest BCUT2D eigenvalue weighted by Crippen LogP contribution is -2.53. The molecule has 1 rings (SSSR count). The molecule has 18 heavy (non-hydrogen) atoms. The zero-order chi connectivity index (χ0) is 13.8. The minimum Gasteiger partial charge on any atom is -0.398 e. The van der Waals surface area contributed by atoms with E-state index in [0.29, 0.717) is 12.1 Å². The van der Waals surface area contributed by atoms with E-state index in [9.17, 15) is 5.11 Å². The molecule has 3 N–H and O–H groups in total. The lowest BCUT2D eigenvalue weighted by Gasteiger charge is -2.41. The van der Waals surface area contributed by atoms with E-state index in [1.54, 1.807) is 18.5 Å². The summed E-state index contributed by atoms with van der Waals surface area (Å²) in [4.78, 5) is 6.32. The first-order chi connectivity index (χ1) is 8.43. The summed E-state index contributed by atoms with van der Waals surface area (Å²) in [6, 6.07) is 1.77. The third-order valence-corrected chi connectivity index (χ3v) is 3.75. The van der Waals surface area contributed by atoms with E-state index in [1.807, 2.05) is 0 Å². The highest BCUT2D eigenvalue weighted by Crippen LogP contribution is 2.23. The van der Waals surface area contributed by atoms with Crippen molar-refractivity contribution in [2.24, 2.45) is 0 Å². The topological polar surface area (TPSA) is 62.4 Å². The van der Waals surface area contributed by atoms with Crippen LogP contribution >= 0.6 is 0 Å². The Bertz CT molecular complexity index is 375. The van der Waals surface area contributed by atoms with Crippen molar-refractivity contribution in [3.8, 4) is 0 Å². The van der Waals surface area contributed by atoms with Gasteiger partial charge in [0.1, 0.15) is 0 Å². The first kappa shape index (κ1) is 14.9. The van der Waals surface area contributed by atoms with E-state index >= 15 is 0 Å². The predicted molar refractivity (Wildman–Crippen MR) is 75.4 cm³/mol. The molecule has 1 aromatic heterocycles. The number of aliphatic hydroxyl groups is 1. The van der Waals surface area contributed by atoms with Gasteiger partial charge in [-0.3, -0.25) is 9.88 Å². The van der Waals surface area contributed by atoms with E-state index in [0.717, 1.165) is 18.7 Å². The summed E-state index contributed by atoms with van der Waals surface area (Å²) in [6.07, 6.45) is 3.46. The first-order valence-corrected chi connectivity index (χ1v) is 6.54. The van der Waals surface area contributed by atoms with Gasteiger partial charge in [0.15, 0.2) is 0 Å². The average Bonchev–Trinajstić information content (AvgIpc) is 2.33. The number of aromatic nitrogens is 1. The van der Waals surface area contributed by atoms with Gasteiger partial charge in [-0.25, -0.2) is 0 Å². The second-order valence-corrected chi connectivity index (χ2v) is 5.12. The van der Waals surface area contributed by atoms with Crippen molar-refractivity contribution in [2.75, 3.05) is 18.8 Å². The molecule has 0 saturated heterocycles. The zero-order valence-electron chi connectivity index (χ0n) is 11.8. The number of hydrogen-bond acceptors (Lipinski definition) is 4. The minimum atomic E-state index is -0.469.